The lowest BCUT2D eigenvalue weighted by atomic mass is 9.78. The molecule has 34 heavy (non-hydrogen) atoms. The van der Waals surface area contributed by atoms with Crippen LogP contribution in [-0.2, 0) is 30.6 Å². The molecule has 0 atom stereocenters. The predicted octanol–water partition coefficient (Wildman–Crippen LogP) is 9.27. The van der Waals surface area contributed by atoms with Gasteiger partial charge in [-0.25, -0.2) is 0 Å². The van der Waals surface area contributed by atoms with Gasteiger partial charge in [-0.1, -0.05) is 113 Å². The molecule has 0 radical (unpaired) electrons. The van der Waals surface area contributed by atoms with E-state index in [2.05, 4.69) is 62.0 Å². The fraction of sp³-hybridized carbons (Fsp3) is 0.576. The van der Waals surface area contributed by atoms with Gasteiger partial charge >= 0.3 is 0 Å². The molecule has 0 heterocycles. The van der Waals surface area contributed by atoms with Crippen molar-refractivity contribution in [2.24, 2.45) is 11.8 Å². The summed E-state index contributed by atoms with van der Waals surface area (Å²) in [6.45, 7) is 7.59. The maximum absolute atomic E-state index is 5.64. The monoisotopic (exact) mass is 460 g/mol. The Morgan fingerprint density at radius 2 is 1.18 bits per heavy atom. The summed E-state index contributed by atoms with van der Waals surface area (Å²) in [4.78, 5) is 0. The fourth-order valence-corrected chi connectivity index (χ4v) is 5.48. The van der Waals surface area contributed by atoms with Gasteiger partial charge in [-0.3, -0.25) is 0 Å². The number of unbranched alkanes of at least 4 members (excludes halogenated alkanes) is 2. The molecule has 1 aliphatic rings. The summed E-state index contributed by atoms with van der Waals surface area (Å²) in [5.41, 5.74) is 5.65. The molecule has 3 rings (SSSR count). The van der Waals surface area contributed by atoms with E-state index < -0.39 is 0 Å². The molecule has 0 amide bonds. The summed E-state index contributed by atoms with van der Waals surface area (Å²) in [6, 6.07) is 18.2. The van der Waals surface area contributed by atoms with Gasteiger partial charge in [0.05, 0.1) is 6.61 Å². The van der Waals surface area contributed by atoms with Crippen LogP contribution in [0.25, 0.3) is 0 Å². The quantitative estimate of drug-likeness (QED) is 0.179. The average molecular weight is 461 g/mol. The van der Waals surface area contributed by atoms with Crippen molar-refractivity contribution in [2.45, 2.75) is 103 Å². The molecular formula is C33H48O. The first-order valence-electron chi connectivity index (χ1n) is 14.1. The van der Waals surface area contributed by atoms with Gasteiger partial charge in [0.1, 0.15) is 0 Å². The molecule has 186 valence electrons. The van der Waals surface area contributed by atoms with Crippen molar-refractivity contribution in [3.63, 3.8) is 0 Å². The molecule has 2 aromatic rings. The number of benzene rings is 2. The average Bonchev–Trinajstić information content (AvgIpc) is 2.87. The number of rotatable bonds is 16. The van der Waals surface area contributed by atoms with E-state index in [4.69, 9.17) is 4.74 Å². The van der Waals surface area contributed by atoms with Gasteiger partial charge < -0.3 is 4.74 Å². The van der Waals surface area contributed by atoms with Gasteiger partial charge in [-0.15, -0.1) is 6.58 Å². The Balaban J connectivity index is 1.20. The summed E-state index contributed by atoms with van der Waals surface area (Å²) < 4.78 is 5.64. The number of ether oxygens (including phenoxy) is 1. The fourth-order valence-electron chi connectivity index (χ4n) is 5.48. The molecule has 0 aromatic heterocycles. The van der Waals surface area contributed by atoms with E-state index in [1.165, 1.54) is 99.3 Å². The number of aryl methyl sites for hydroxylation is 2. The normalized spacial score (nSPS) is 18.1. The second kappa shape index (κ2) is 15.9. The molecule has 0 N–H and O–H groups in total. The zero-order valence-corrected chi connectivity index (χ0v) is 21.8. The lowest BCUT2D eigenvalue weighted by molar-refractivity contribution is 0.121. The van der Waals surface area contributed by atoms with Gasteiger partial charge in [0.15, 0.2) is 0 Å². The molecule has 1 heteroatoms. The van der Waals surface area contributed by atoms with Crippen LogP contribution in [0.2, 0.25) is 0 Å². The lowest BCUT2D eigenvalue weighted by Crippen LogP contribution is -2.14. The van der Waals surface area contributed by atoms with E-state index in [0.717, 1.165) is 37.9 Å². The van der Waals surface area contributed by atoms with Crippen LogP contribution in [0.1, 0.15) is 99.8 Å². The van der Waals surface area contributed by atoms with Crippen molar-refractivity contribution in [3.8, 4) is 0 Å². The highest BCUT2D eigenvalue weighted by Gasteiger charge is 2.20. The van der Waals surface area contributed by atoms with Crippen LogP contribution in [-0.4, -0.2) is 6.61 Å². The third-order valence-electron chi connectivity index (χ3n) is 7.67. The molecule has 2 aromatic carbocycles. The smallest absolute Gasteiger partial charge is 0.0716 e. The van der Waals surface area contributed by atoms with Crippen LogP contribution in [0, 0.1) is 11.8 Å². The Morgan fingerprint density at radius 1 is 0.706 bits per heavy atom. The van der Waals surface area contributed by atoms with E-state index >= 15 is 0 Å². The first-order valence-corrected chi connectivity index (χ1v) is 14.1. The molecule has 0 saturated heterocycles. The third kappa shape index (κ3) is 10.2. The molecule has 0 unspecified atom stereocenters. The van der Waals surface area contributed by atoms with Crippen LogP contribution < -0.4 is 0 Å². The molecule has 1 aliphatic carbocycles. The maximum Gasteiger partial charge on any atom is 0.0716 e. The molecule has 1 fully saturated rings. The summed E-state index contributed by atoms with van der Waals surface area (Å²) in [6.07, 6.45) is 20.8. The van der Waals surface area contributed by atoms with Crippen molar-refractivity contribution in [2.75, 3.05) is 6.61 Å². The Labute approximate surface area is 210 Å². The zero-order valence-electron chi connectivity index (χ0n) is 21.8. The lowest BCUT2D eigenvalue weighted by Gasteiger charge is -2.28. The Bertz CT molecular complexity index is 780. The highest BCUT2D eigenvalue weighted by Crippen LogP contribution is 2.34. The van der Waals surface area contributed by atoms with Crippen LogP contribution in [0.15, 0.2) is 61.2 Å². The summed E-state index contributed by atoms with van der Waals surface area (Å²) in [5, 5.41) is 0. The van der Waals surface area contributed by atoms with Crippen molar-refractivity contribution >= 4 is 0 Å². The molecule has 1 nitrogen and oxygen atoms in total. The van der Waals surface area contributed by atoms with E-state index in [1.807, 2.05) is 6.08 Å². The van der Waals surface area contributed by atoms with E-state index in [0.29, 0.717) is 0 Å². The summed E-state index contributed by atoms with van der Waals surface area (Å²) >= 11 is 0. The minimum Gasteiger partial charge on any atom is -0.377 e. The number of allylic oxidation sites excluding steroid dienone is 1. The van der Waals surface area contributed by atoms with Gasteiger partial charge in [0.25, 0.3) is 0 Å². The molecule has 0 spiro atoms. The van der Waals surface area contributed by atoms with E-state index in [-0.39, 0.29) is 0 Å². The van der Waals surface area contributed by atoms with Crippen molar-refractivity contribution in [1.29, 1.82) is 0 Å². The Hall–Kier alpha value is -1.86. The molecular weight excluding hydrogens is 412 g/mol. The van der Waals surface area contributed by atoms with Crippen LogP contribution in [0.5, 0.6) is 0 Å². The number of hydrogen-bond acceptors (Lipinski definition) is 1. The predicted molar refractivity (Wildman–Crippen MR) is 147 cm³/mol. The highest BCUT2D eigenvalue weighted by molar-refractivity contribution is 5.24. The number of hydrogen-bond donors (Lipinski definition) is 0. The first-order chi connectivity index (χ1) is 16.8. The van der Waals surface area contributed by atoms with Gasteiger partial charge in [-0.05, 0) is 72.6 Å². The van der Waals surface area contributed by atoms with Crippen LogP contribution in [0.3, 0.4) is 0 Å². The SMILES string of the molecule is C=CCc1ccc(CCCCC2CCC(CCCCc3ccc(COCCC)cc3)CC2)cc1. The van der Waals surface area contributed by atoms with E-state index in [9.17, 15) is 0 Å². The molecule has 1 saturated carbocycles. The Morgan fingerprint density at radius 3 is 1.65 bits per heavy atom. The highest BCUT2D eigenvalue weighted by atomic mass is 16.5. The summed E-state index contributed by atoms with van der Waals surface area (Å²) in [7, 11) is 0. The third-order valence-corrected chi connectivity index (χ3v) is 7.67. The Kier molecular flexibility index (Phi) is 12.5. The molecule has 0 bridgehead atoms. The molecule has 0 aliphatic heterocycles. The van der Waals surface area contributed by atoms with Crippen molar-refractivity contribution in [3.05, 3.63) is 83.4 Å². The standard InChI is InChI=1S/C33H48O/c1-3-9-28-14-16-29(17-15-28)10-5-6-11-30-18-20-31(21-19-30)12-7-8-13-32-22-24-33(25-23-32)27-34-26-4-2/h3,14-17,22-25,30-31H,1,4-13,18-21,26-27H2,2H3. The second-order valence-electron chi connectivity index (χ2n) is 10.6. The zero-order chi connectivity index (χ0) is 23.8. The minimum atomic E-state index is 0.751. The van der Waals surface area contributed by atoms with Crippen LogP contribution >= 0.6 is 0 Å². The summed E-state index contributed by atoms with van der Waals surface area (Å²) in [5.74, 6) is 1.98. The maximum atomic E-state index is 5.64. The van der Waals surface area contributed by atoms with Crippen LogP contribution in [0.4, 0.5) is 0 Å². The van der Waals surface area contributed by atoms with Gasteiger partial charge in [0, 0.05) is 6.61 Å². The van der Waals surface area contributed by atoms with E-state index in [1.54, 1.807) is 0 Å². The minimum absolute atomic E-state index is 0.751. The van der Waals surface area contributed by atoms with Gasteiger partial charge in [-0.2, -0.15) is 0 Å². The second-order valence-corrected chi connectivity index (χ2v) is 10.6. The topological polar surface area (TPSA) is 9.23 Å². The van der Waals surface area contributed by atoms with Crippen molar-refractivity contribution in [1.82, 2.24) is 0 Å². The van der Waals surface area contributed by atoms with Gasteiger partial charge in [0.2, 0.25) is 0 Å². The largest absolute Gasteiger partial charge is 0.377 e. The first kappa shape index (κ1) is 26.7. The van der Waals surface area contributed by atoms with Crippen molar-refractivity contribution < 1.29 is 4.74 Å².